The summed E-state index contributed by atoms with van der Waals surface area (Å²) >= 11 is 5.99. The zero-order valence-corrected chi connectivity index (χ0v) is 13.7. The second-order valence-electron chi connectivity index (χ2n) is 6.21. The minimum Gasteiger partial charge on any atom is -0.332 e. The van der Waals surface area contributed by atoms with Gasteiger partial charge in [0.1, 0.15) is 11.3 Å². The van der Waals surface area contributed by atoms with Crippen molar-refractivity contribution in [3.05, 3.63) is 35.4 Å². The predicted molar refractivity (Wildman–Crippen MR) is 87.4 cm³/mol. The molecule has 1 fully saturated rings. The monoisotopic (exact) mass is 331 g/mol. The molecule has 0 aliphatic carbocycles. The summed E-state index contributed by atoms with van der Waals surface area (Å²) in [7, 11) is 2.17. The number of halogens is 1. The zero-order chi connectivity index (χ0) is 15.8. The van der Waals surface area contributed by atoms with E-state index in [9.17, 15) is 0 Å². The van der Waals surface area contributed by atoms with E-state index in [1.165, 1.54) is 12.8 Å². The van der Waals surface area contributed by atoms with Gasteiger partial charge in [-0.15, -0.1) is 0 Å². The highest BCUT2D eigenvalue weighted by Gasteiger charge is 2.20. The molecule has 0 spiro atoms. The van der Waals surface area contributed by atoms with Crippen molar-refractivity contribution < 1.29 is 4.52 Å². The molecular formula is C16H18ClN5O. The molecule has 0 N–H and O–H groups in total. The van der Waals surface area contributed by atoms with Crippen LogP contribution in [0, 0.1) is 5.92 Å². The maximum Gasteiger partial charge on any atom is 0.278 e. The van der Waals surface area contributed by atoms with Gasteiger partial charge in [-0.3, -0.25) is 0 Å². The van der Waals surface area contributed by atoms with E-state index in [0.29, 0.717) is 22.5 Å². The van der Waals surface area contributed by atoms with Gasteiger partial charge in [0.2, 0.25) is 0 Å². The van der Waals surface area contributed by atoms with Gasteiger partial charge < -0.3 is 13.8 Å². The van der Waals surface area contributed by atoms with E-state index in [0.717, 1.165) is 31.0 Å². The molecule has 0 radical (unpaired) electrons. The van der Waals surface area contributed by atoms with E-state index in [1.807, 2.05) is 28.9 Å². The van der Waals surface area contributed by atoms with Crippen LogP contribution in [-0.2, 0) is 6.42 Å². The summed E-state index contributed by atoms with van der Waals surface area (Å²) in [6.07, 6.45) is 6.91. The number of likely N-dealkylation sites (tertiary alicyclic amines) is 1. The molecule has 0 saturated carbocycles. The molecule has 120 valence electrons. The molecule has 0 atom stereocenters. The lowest BCUT2D eigenvalue weighted by Gasteiger charge is -2.27. The summed E-state index contributed by atoms with van der Waals surface area (Å²) in [5, 5.41) is 4.78. The molecular weight excluding hydrogens is 314 g/mol. The van der Waals surface area contributed by atoms with E-state index in [4.69, 9.17) is 16.1 Å². The molecule has 0 aromatic carbocycles. The first kappa shape index (κ1) is 14.7. The van der Waals surface area contributed by atoms with Crippen LogP contribution in [0.2, 0.25) is 5.02 Å². The van der Waals surface area contributed by atoms with E-state index < -0.39 is 0 Å². The fraction of sp³-hybridized carbons (Fsp3) is 0.438. The Morgan fingerprint density at radius 2 is 2.04 bits per heavy atom. The Labute approximate surface area is 139 Å². The van der Waals surface area contributed by atoms with Gasteiger partial charge >= 0.3 is 0 Å². The van der Waals surface area contributed by atoms with Crippen LogP contribution in [0.1, 0.15) is 18.7 Å². The molecule has 0 bridgehead atoms. The molecule has 1 saturated heterocycles. The van der Waals surface area contributed by atoms with Crippen LogP contribution >= 0.6 is 11.6 Å². The standard InChI is InChI=1S/C16H18ClN5O/c1-21-6-4-11(5-7-21)8-14-19-16(23-20-14)13-10-22-9-12(17)2-3-15(22)18-13/h2-3,9-11H,4-8H2,1H3. The number of piperidine rings is 1. The third kappa shape index (κ3) is 3.09. The second kappa shape index (κ2) is 5.94. The van der Waals surface area contributed by atoms with Gasteiger partial charge in [-0.2, -0.15) is 4.98 Å². The Balaban J connectivity index is 1.52. The number of hydrogen-bond acceptors (Lipinski definition) is 5. The molecule has 4 heterocycles. The Hall–Kier alpha value is -1.92. The fourth-order valence-corrected chi connectivity index (χ4v) is 3.20. The van der Waals surface area contributed by atoms with Crippen molar-refractivity contribution in [2.24, 2.45) is 5.92 Å². The molecule has 0 unspecified atom stereocenters. The average molecular weight is 332 g/mol. The third-order valence-corrected chi connectivity index (χ3v) is 4.64. The van der Waals surface area contributed by atoms with E-state index >= 15 is 0 Å². The van der Waals surface area contributed by atoms with Crippen molar-refractivity contribution in [1.29, 1.82) is 0 Å². The maximum absolute atomic E-state index is 5.99. The highest BCUT2D eigenvalue weighted by molar-refractivity contribution is 6.30. The quantitative estimate of drug-likeness (QED) is 0.738. The summed E-state index contributed by atoms with van der Waals surface area (Å²) in [6, 6.07) is 3.68. The molecule has 3 aromatic heterocycles. The van der Waals surface area contributed by atoms with Crippen LogP contribution in [0.5, 0.6) is 0 Å². The Bertz CT molecular complexity index is 819. The Morgan fingerprint density at radius 3 is 2.87 bits per heavy atom. The van der Waals surface area contributed by atoms with Gasteiger partial charge in [-0.25, -0.2) is 4.98 Å². The Morgan fingerprint density at radius 1 is 1.22 bits per heavy atom. The average Bonchev–Trinajstić information content (AvgIpc) is 3.15. The van der Waals surface area contributed by atoms with Crippen LogP contribution in [0.25, 0.3) is 17.2 Å². The first-order valence-electron chi connectivity index (χ1n) is 7.83. The molecule has 23 heavy (non-hydrogen) atoms. The molecule has 0 amide bonds. The van der Waals surface area contributed by atoms with Gasteiger partial charge in [0.25, 0.3) is 5.89 Å². The third-order valence-electron chi connectivity index (χ3n) is 4.41. The summed E-state index contributed by atoms with van der Waals surface area (Å²) in [4.78, 5) is 11.4. The van der Waals surface area contributed by atoms with Crippen LogP contribution < -0.4 is 0 Å². The summed E-state index contributed by atoms with van der Waals surface area (Å²) in [6.45, 7) is 2.28. The van der Waals surface area contributed by atoms with Gasteiger partial charge in [0, 0.05) is 18.8 Å². The van der Waals surface area contributed by atoms with Gasteiger partial charge in [0.15, 0.2) is 5.82 Å². The molecule has 6 nitrogen and oxygen atoms in total. The van der Waals surface area contributed by atoms with E-state index in [-0.39, 0.29) is 0 Å². The summed E-state index contributed by atoms with van der Waals surface area (Å²) in [5.74, 6) is 1.87. The number of pyridine rings is 1. The molecule has 1 aliphatic heterocycles. The van der Waals surface area contributed by atoms with Gasteiger partial charge in [-0.05, 0) is 51.0 Å². The smallest absolute Gasteiger partial charge is 0.278 e. The first-order valence-corrected chi connectivity index (χ1v) is 8.21. The minimum absolute atomic E-state index is 0.466. The van der Waals surface area contributed by atoms with Crippen molar-refractivity contribution in [3.63, 3.8) is 0 Å². The number of imidazole rings is 1. The maximum atomic E-state index is 5.99. The Kier molecular flexibility index (Phi) is 3.79. The molecule has 7 heteroatoms. The SMILES string of the molecule is CN1CCC(Cc2noc(-c3cn4cc(Cl)ccc4n3)n2)CC1. The van der Waals surface area contributed by atoms with E-state index in [1.54, 1.807) is 0 Å². The topological polar surface area (TPSA) is 59.5 Å². The summed E-state index contributed by atoms with van der Waals surface area (Å²) < 4.78 is 7.25. The molecule has 3 aromatic rings. The number of aromatic nitrogens is 4. The largest absolute Gasteiger partial charge is 0.332 e. The number of rotatable bonds is 3. The van der Waals surface area contributed by atoms with E-state index in [2.05, 4.69) is 27.1 Å². The lowest BCUT2D eigenvalue weighted by atomic mass is 9.94. The number of hydrogen-bond donors (Lipinski definition) is 0. The molecule has 4 rings (SSSR count). The second-order valence-corrected chi connectivity index (χ2v) is 6.64. The van der Waals surface area contributed by atoms with Crippen LogP contribution in [0.3, 0.4) is 0 Å². The zero-order valence-electron chi connectivity index (χ0n) is 12.9. The van der Waals surface area contributed by atoms with Gasteiger partial charge in [-0.1, -0.05) is 16.8 Å². The fourth-order valence-electron chi connectivity index (χ4n) is 3.03. The number of fused-ring (bicyclic) bond motifs is 1. The van der Waals surface area contributed by atoms with Crippen LogP contribution in [0.4, 0.5) is 0 Å². The van der Waals surface area contributed by atoms with Crippen molar-refractivity contribution in [1.82, 2.24) is 24.4 Å². The number of nitrogens with zero attached hydrogens (tertiary/aromatic N) is 5. The van der Waals surface area contributed by atoms with Gasteiger partial charge in [0.05, 0.1) is 5.02 Å². The van der Waals surface area contributed by atoms with Crippen LogP contribution in [0.15, 0.2) is 29.0 Å². The lowest BCUT2D eigenvalue weighted by molar-refractivity contribution is 0.216. The minimum atomic E-state index is 0.466. The van der Waals surface area contributed by atoms with Crippen LogP contribution in [-0.4, -0.2) is 44.6 Å². The molecule has 1 aliphatic rings. The highest BCUT2D eigenvalue weighted by Crippen LogP contribution is 2.22. The first-order chi connectivity index (χ1) is 11.2. The predicted octanol–water partition coefficient (Wildman–Crippen LogP) is 2.92. The highest BCUT2D eigenvalue weighted by atomic mass is 35.5. The van der Waals surface area contributed by atoms with Crippen molar-refractivity contribution in [2.45, 2.75) is 19.3 Å². The van der Waals surface area contributed by atoms with Crippen molar-refractivity contribution >= 4 is 17.2 Å². The van der Waals surface area contributed by atoms with Crippen molar-refractivity contribution in [3.8, 4) is 11.6 Å². The lowest BCUT2D eigenvalue weighted by Crippen LogP contribution is -2.31. The normalized spacial score (nSPS) is 17.1. The van der Waals surface area contributed by atoms with Crippen molar-refractivity contribution in [2.75, 3.05) is 20.1 Å². The summed E-state index contributed by atoms with van der Waals surface area (Å²) in [5.41, 5.74) is 1.48.